The molecule has 0 atom stereocenters. The number of hydrogen-bond donors (Lipinski definition) is 2. The molecule has 0 amide bonds. The van der Waals surface area contributed by atoms with Gasteiger partial charge in [-0.15, -0.1) is 0 Å². The van der Waals surface area contributed by atoms with Crippen molar-refractivity contribution in [3.8, 4) is 23.0 Å². The second-order valence-corrected chi connectivity index (χ2v) is 6.75. The van der Waals surface area contributed by atoms with E-state index in [1.807, 2.05) is 0 Å². The molecule has 154 valence electrons. The van der Waals surface area contributed by atoms with Crippen LogP contribution in [0, 0.1) is 0 Å². The van der Waals surface area contributed by atoms with Crippen molar-refractivity contribution in [1.29, 1.82) is 0 Å². The number of carbonyl (C=O) groups excluding carboxylic acids is 2. The van der Waals surface area contributed by atoms with Crippen molar-refractivity contribution in [3.05, 3.63) is 83.4 Å². The van der Waals surface area contributed by atoms with Crippen molar-refractivity contribution in [2.75, 3.05) is 0 Å². The lowest BCUT2D eigenvalue weighted by atomic mass is 10.1. The molecule has 3 aromatic rings. The Kier molecular flexibility index (Phi) is 6.70. The number of carbonyl (C=O) groups is 2. The summed E-state index contributed by atoms with van der Waals surface area (Å²) in [6.07, 6.45) is 2.47. The van der Waals surface area contributed by atoms with Crippen LogP contribution in [0.5, 0.6) is 23.0 Å². The van der Waals surface area contributed by atoms with Gasteiger partial charge in [0.1, 0.15) is 23.0 Å². The van der Waals surface area contributed by atoms with Crippen LogP contribution < -0.4 is 9.47 Å². The first-order valence-electron chi connectivity index (χ1n) is 9.61. The van der Waals surface area contributed by atoms with Gasteiger partial charge in [-0.05, 0) is 85.1 Å². The van der Waals surface area contributed by atoms with Crippen LogP contribution in [-0.2, 0) is 6.42 Å². The zero-order chi connectivity index (χ0) is 21.5. The Bertz CT molecular complexity index is 1020. The summed E-state index contributed by atoms with van der Waals surface area (Å²) < 4.78 is 11.0. The van der Waals surface area contributed by atoms with Gasteiger partial charge in [-0.1, -0.05) is 13.3 Å². The Morgan fingerprint density at radius 1 is 0.767 bits per heavy atom. The van der Waals surface area contributed by atoms with Crippen LogP contribution in [0.3, 0.4) is 0 Å². The third-order valence-electron chi connectivity index (χ3n) is 4.45. The fourth-order valence-electron chi connectivity index (χ4n) is 2.80. The molecule has 30 heavy (non-hydrogen) atoms. The summed E-state index contributed by atoms with van der Waals surface area (Å²) in [6, 6.07) is 16.4. The molecule has 0 bridgehead atoms. The number of esters is 2. The van der Waals surface area contributed by atoms with Gasteiger partial charge in [0.15, 0.2) is 0 Å². The predicted molar refractivity (Wildman–Crippen MR) is 111 cm³/mol. The molecule has 3 aromatic carbocycles. The zero-order valence-corrected chi connectivity index (χ0v) is 16.5. The molecule has 0 aliphatic heterocycles. The van der Waals surface area contributed by atoms with E-state index in [-0.39, 0.29) is 11.5 Å². The summed E-state index contributed by atoms with van der Waals surface area (Å²) in [7, 11) is 0. The molecule has 6 heteroatoms. The molecule has 0 spiro atoms. The summed E-state index contributed by atoms with van der Waals surface area (Å²) >= 11 is 0. The van der Waals surface area contributed by atoms with Gasteiger partial charge in [0.2, 0.25) is 0 Å². The van der Waals surface area contributed by atoms with Crippen molar-refractivity contribution < 1.29 is 29.3 Å². The van der Waals surface area contributed by atoms with E-state index in [1.165, 1.54) is 48.5 Å². The van der Waals surface area contributed by atoms with Crippen LogP contribution in [0.15, 0.2) is 66.7 Å². The lowest BCUT2D eigenvalue weighted by Crippen LogP contribution is -2.11. The average Bonchev–Trinajstić information content (AvgIpc) is 2.74. The van der Waals surface area contributed by atoms with Crippen molar-refractivity contribution in [3.63, 3.8) is 0 Å². The van der Waals surface area contributed by atoms with Gasteiger partial charge < -0.3 is 19.7 Å². The molecule has 0 unspecified atom stereocenters. The minimum Gasteiger partial charge on any atom is -0.508 e. The van der Waals surface area contributed by atoms with E-state index >= 15 is 0 Å². The van der Waals surface area contributed by atoms with Crippen LogP contribution >= 0.6 is 0 Å². The monoisotopic (exact) mass is 406 g/mol. The van der Waals surface area contributed by atoms with E-state index in [9.17, 15) is 19.8 Å². The highest BCUT2D eigenvalue weighted by molar-refractivity contribution is 5.92. The van der Waals surface area contributed by atoms with Crippen LogP contribution in [0.25, 0.3) is 0 Å². The van der Waals surface area contributed by atoms with Gasteiger partial charge in [-0.2, -0.15) is 0 Å². The van der Waals surface area contributed by atoms with Crippen LogP contribution in [0.2, 0.25) is 0 Å². The van der Waals surface area contributed by atoms with Crippen molar-refractivity contribution in [2.45, 2.75) is 26.2 Å². The molecule has 0 saturated heterocycles. The maximum Gasteiger partial charge on any atom is 0.343 e. The first-order chi connectivity index (χ1) is 14.5. The molecule has 0 aromatic heterocycles. The van der Waals surface area contributed by atoms with Crippen LogP contribution in [0.4, 0.5) is 0 Å². The SMILES string of the molecule is CCCCc1cc(OC(=O)c2ccc(O)cc2)ccc1OC(=O)c1ccc(O)cc1. The average molecular weight is 406 g/mol. The van der Waals surface area contributed by atoms with Crippen molar-refractivity contribution in [2.24, 2.45) is 0 Å². The molecule has 0 fully saturated rings. The molecule has 3 rings (SSSR count). The van der Waals surface area contributed by atoms with E-state index in [1.54, 1.807) is 18.2 Å². The van der Waals surface area contributed by atoms with E-state index in [2.05, 4.69) is 6.92 Å². The number of phenols is 2. The Hall–Kier alpha value is -3.80. The lowest BCUT2D eigenvalue weighted by Gasteiger charge is -2.12. The summed E-state index contributed by atoms with van der Waals surface area (Å²) in [5, 5.41) is 18.7. The molecule has 0 heterocycles. The molecular weight excluding hydrogens is 384 g/mol. The Morgan fingerprint density at radius 3 is 1.83 bits per heavy atom. The molecule has 0 radical (unpaired) electrons. The summed E-state index contributed by atoms with van der Waals surface area (Å²) in [5.74, 6) is -0.232. The number of hydrogen-bond acceptors (Lipinski definition) is 6. The van der Waals surface area contributed by atoms with Gasteiger partial charge >= 0.3 is 11.9 Å². The number of aryl methyl sites for hydroxylation is 1. The highest BCUT2D eigenvalue weighted by Crippen LogP contribution is 2.28. The minimum absolute atomic E-state index is 0.0631. The van der Waals surface area contributed by atoms with E-state index < -0.39 is 11.9 Å². The number of phenolic OH excluding ortho intramolecular Hbond substituents is 2. The normalized spacial score (nSPS) is 10.4. The maximum atomic E-state index is 12.4. The van der Waals surface area contributed by atoms with Crippen LogP contribution in [0.1, 0.15) is 46.0 Å². The quantitative estimate of drug-likeness (QED) is 0.429. The van der Waals surface area contributed by atoms with E-state index in [0.717, 1.165) is 18.4 Å². The lowest BCUT2D eigenvalue weighted by molar-refractivity contribution is 0.0718. The first-order valence-corrected chi connectivity index (χ1v) is 9.61. The first kappa shape index (κ1) is 20.9. The molecule has 0 aliphatic carbocycles. The highest BCUT2D eigenvalue weighted by Gasteiger charge is 2.15. The maximum absolute atomic E-state index is 12.4. The van der Waals surface area contributed by atoms with Gasteiger partial charge in [0, 0.05) is 0 Å². The number of rotatable bonds is 7. The van der Waals surface area contributed by atoms with Crippen molar-refractivity contribution >= 4 is 11.9 Å². The molecular formula is C24H22O6. The Morgan fingerprint density at radius 2 is 1.30 bits per heavy atom. The van der Waals surface area contributed by atoms with E-state index in [0.29, 0.717) is 29.0 Å². The molecule has 2 N–H and O–H groups in total. The van der Waals surface area contributed by atoms with Crippen molar-refractivity contribution in [1.82, 2.24) is 0 Å². The summed E-state index contributed by atoms with van der Waals surface area (Å²) in [5.41, 5.74) is 1.38. The third kappa shape index (κ3) is 5.38. The smallest absolute Gasteiger partial charge is 0.343 e. The van der Waals surface area contributed by atoms with Gasteiger partial charge in [0.25, 0.3) is 0 Å². The third-order valence-corrected chi connectivity index (χ3v) is 4.45. The summed E-state index contributed by atoms with van der Waals surface area (Å²) in [4.78, 5) is 24.7. The van der Waals surface area contributed by atoms with Gasteiger partial charge in [-0.25, -0.2) is 9.59 Å². The fraction of sp³-hybridized carbons (Fsp3) is 0.167. The zero-order valence-electron chi connectivity index (χ0n) is 16.5. The van der Waals surface area contributed by atoms with Crippen LogP contribution in [-0.4, -0.2) is 22.2 Å². The number of aromatic hydroxyl groups is 2. The minimum atomic E-state index is -0.551. The predicted octanol–water partition coefficient (Wildman–Crippen LogP) is 4.88. The Labute approximate surface area is 174 Å². The topological polar surface area (TPSA) is 93.1 Å². The number of ether oxygens (including phenoxy) is 2. The second kappa shape index (κ2) is 9.60. The Balaban J connectivity index is 1.78. The molecule has 0 aliphatic rings. The van der Waals surface area contributed by atoms with E-state index in [4.69, 9.17) is 9.47 Å². The van der Waals surface area contributed by atoms with Gasteiger partial charge in [0.05, 0.1) is 11.1 Å². The summed E-state index contributed by atoms with van der Waals surface area (Å²) in [6.45, 7) is 2.05. The standard InChI is InChI=1S/C24H22O6/c1-2-3-4-18-15-21(29-23(27)16-5-9-19(25)10-6-16)13-14-22(18)30-24(28)17-7-11-20(26)12-8-17/h5-15,25-26H,2-4H2,1H3. The number of benzene rings is 3. The number of unbranched alkanes of at least 4 members (excludes halogenated alkanes) is 1. The molecule has 0 saturated carbocycles. The fourth-order valence-corrected chi connectivity index (χ4v) is 2.80. The van der Waals surface area contributed by atoms with Gasteiger partial charge in [-0.3, -0.25) is 0 Å². The molecule has 6 nitrogen and oxygen atoms in total. The largest absolute Gasteiger partial charge is 0.508 e. The second-order valence-electron chi connectivity index (χ2n) is 6.75. The highest BCUT2D eigenvalue weighted by atomic mass is 16.5.